The van der Waals surface area contributed by atoms with Crippen molar-refractivity contribution in [2.24, 2.45) is 0 Å². The van der Waals surface area contributed by atoms with Crippen LogP contribution in [0.3, 0.4) is 0 Å². The summed E-state index contributed by atoms with van der Waals surface area (Å²) < 4.78 is 1.26. The van der Waals surface area contributed by atoms with Crippen LogP contribution in [-0.4, -0.2) is 0 Å². The molecule has 0 atom stereocenters. The third kappa shape index (κ3) is 3.98. The van der Waals surface area contributed by atoms with E-state index in [1.165, 1.54) is 22.3 Å². The van der Waals surface area contributed by atoms with Crippen LogP contribution in [0.1, 0.15) is 43.4 Å². The average Bonchev–Trinajstić information content (AvgIpc) is 3.30. The predicted octanol–water partition coefficient (Wildman–Crippen LogP) is 1.64. The Kier molecular flexibility index (Phi) is 7.98. The molecule has 0 fully saturated rings. The summed E-state index contributed by atoms with van der Waals surface area (Å²) in [5.41, 5.74) is 12.1. The summed E-state index contributed by atoms with van der Waals surface area (Å²) in [7, 11) is 0. The van der Waals surface area contributed by atoms with Gasteiger partial charge in [-0.15, -0.1) is 0 Å². The van der Waals surface area contributed by atoms with Gasteiger partial charge in [0.25, 0.3) is 0 Å². The molecule has 0 radical (unpaired) electrons. The summed E-state index contributed by atoms with van der Waals surface area (Å²) in [6, 6.07) is 36.3. The molecule has 0 bridgehead atoms. The normalized spacial score (nSPS) is 12.6. The first-order valence-electron chi connectivity index (χ1n) is 10.5. The van der Waals surface area contributed by atoms with Gasteiger partial charge in [0.2, 0.25) is 0 Å². The van der Waals surface area contributed by atoms with Gasteiger partial charge in [0.1, 0.15) is 0 Å². The monoisotopic (exact) mass is 520 g/mol. The number of fused-ring (bicyclic) bond motifs is 6. The van der Waals surface area contributed by atoms with Crippen molar-refractivity contribution in [2.75, 3.05) is 0 Å². The van der Waals surface area contributed by atoms with Gasteiger partial charge in [0.15, 0.2) is 0 Å². The van der Waals surface area contributed by atoms with E-state index >= 15 is 0 Å². The Labute approximate surface area is 209 Å². The fourth-order valence-corrected chi connectivity index (χ4v) is 9.90. The number of halogens is 2. The molecule has 0 unspecified atom stereocenters. The molecule has 6 rings (SSSR count). The quantitative estimate of drug-likeness (QED) is 0.376. The number of benzene rings is 4. The zero-order valence-electron chi connectivity index (χ0n) is 17.6. The minimum absolute atomic E-state index is 0. The molecule has 0 saturated carbocycles. The van der Waals surface area contributed by atoms with E-state index in [2.05, 4.69) is 97.1 Å². The summed E-state index contributed by atoms with van der Waals surface area (Å²) in [5.74, 6) is 0. The van der Waals surface area contributed by atoms with Crippen LogP contribution < -0.4 is 24.8 Å². The molecule has 4 aromatic carbocycles. The van der Waals surface area contributed by atoms with E-state index in [0.29, 0.717) is 7.25 Å². The summed E-state index contributed by atoms with van der Waals surface area (Å²) in [6.07, 6.45) is 0. The summed E-state index contributed by atoms with van der Waals surface area (Å²) in [5, 5.41) is 0. The first-order valence-corrected chi connectivity index (χ1v) is 13.4. The fraction of sp³-hybridized carbons (Fsp3) is 0.143. The van der Waals surface area contributed by atoms with E-state index in [1.54, 1.807) is 22.3 Å². The first kappa shape index (κ1) is 24.0. The molecule has 0 aliphatic heterocycles. The van der Waals surface area contributed by atoms with Gasteiger partial charge in [-0.05, 0) is 0 Å². The average molecular weight is 523 g/mol. The molecular weight excluding hydrogens is 498 g/mol. The first-order chi connectivity index (χ1) is 14.4. The van der Waals surface area contributed by atoms with Crippen LogP contribution in [0.2, 0.25) is 0 Å². The molecule has 31 heavy (non-hydrogen) atoms. The van der Waals surface area contributed by atoms with Gasteiger partial charge < -0.3 is 24.8 Å². The van der Waals surface area contributed by atoms with Crippen LogP contribution in [0.5, 0.6) is 0 Å². The van der Waals surface area contributed by atoms with Crippen molar-refractivity contribution in [1.82, 2.24) is 0 Å². The van der Waals surface area contributed by atoms with E-state index in [0.717, 1.165) is 0 Å². The second kappa shape index (κ2) is 10.3. The van der Waals surface area contributed by atoms with Crippen molar-refractivity contribution in [3.05, 3.63) is 119 Å². The molecule has 0 aromatic heterocycles. The van der Waals surface area contributed by atoms with Crippen molar-refractivity contribution >= 4 is 0 Å². The zero-order chi connectivity index (χ0) is 19.8. The Morgan fingerprint density at radius 1 is 0.419 bits per heavy atom. The third-order valence-electron chi connectivity index (χ3n) is 6.00. The van der Waals surface area contributed by atoms with Gasteiger partial charge >= 0.3 is 172 Å². The van der Waals surface area contributed by atoms with Gasteiger partial charge in [-0.3, -0.25) is 0 Å². The minimum atomic E-state index is -0.828. The van der Waals surface area contributed by atoms with Crippen molar-refractivity contribution in [3.63, 3.8) is 0 Å². The zero-order valence-corrected chi connectivity index (χ0v) is 21.6. The van der Waals surface area contributed by atoms with E-state index in [1.807, 2.05) is 13.8 Å². The predicted molar refractivity (Wildman–Crippen MR) is 119 cm³/mol. The van der Waals surface area contributed by atoms with Crippen LogP contribution >= 0.6 is 0 Å². The Hall–Kier alpha value is -1.66. The molecule has 2 aliphatic rings. The second-order valence-corrected chi connectivity index (χ2v) is 11.0. The van der Waals surface area contributed by atoms with Gasteiger partial charge in [-0.2, -0.15) is 0 Å². The molecule has 4 aromatic rings. The van der Waals surface area contributed by atoms with E-state index in [4.69, 9.17) is 0 Å². The molecular formula is C28H24Cl2Zr. The molecule has 2 aliphatic carbocycles. The summed E-state index contributed by atoms with van der Waals surface area (Å²) >= 11 is -0.828. The molecule has 154 valence electrons. The molecule has 0 spiro atoms. The molecule has 0 amide bonds. The second-order valence-electron chi connectivity index (χ2n) is 7.38. The standard InChI is InChI=1S/2C13H9.C2H6.2ClH.Zr/c2*1-3-7-12-10(5-1)9-11-6-2-4-8-13(11)12;1-2;;;/h2*1-9H;1-2H3;2*1H;/q;;;;;+2/p-2. The Balaban J connectivity index is 0.000000663. The SMILES string of the molecule is CC.[Cl-].[Cl-].c1ccc2c(c1)-c1ccccc1[CH]2[Zr+2][CH]1c2ccccc2-c2ccccc21. The van der Waals surface area contributed by atoms with Crippen molar-refractivity contribution in [1.29, 1.82) is 0 Å². The van der Waals surface area contributed by atoms with Crippen LogP contribution in [0.15, 0.2) is 97.1 Å². The molecule has 3 heteroatoms. The van der Waals surface area contributed by atoms with Crippen LogP contribution in [0, 0.1) is 0 Å². The van der Waals surface area contributed by atoms with Gasteiger partial charge in [0.05, 0.1) is 0 Å². The number of rotatable bonds is 2. The molecule has 0 heterocycles. The topological polar surface area (TPSA) is 0 Å². The molecule has 0 nitrogen and oxygen atoms in total. The molecule has 0 saturated heterocycles. The van der Waals surface area contributed by atoms with E-state index in [9.17, 15) is 0 Å². The van der Waals surface area contributed by atoms with Crippen LogP contribution in [0.4, 0.5) is 0 Å². The van der Waals surface area contributed by atoms with Crippen molar-refractivity contribution in [2.45, 2.75) is 21.1 Å². The summed E-state index contributed by atoms with van der Waals surface area (Å²) in [4.78, 5) is 0. The Bertz CT molecular complexity index is 1000. The molecule has 0 N–H and O–H groups in total. The number of hydrogen-bond acceptors (Lipinski definition) is 0. The maximum atomic E-state index is 2.37. The van der Waals surface area contributed by atoms with Gasteiger partial charge in [-0.25, -0.2) is 0 Å². The van der Waals surface area contributed by atoms with Crippen molar-refractivity contribution in [3.8, 4) is 22.3 Å². The van der Waals surface area contributed by atoms with Crippen molar-refractivity contribution < 1.29 is 48.0 Å². The van der Waals surface area contributed by atoms with E-state index < -0.39 is 23.2 Å². The maximum absolute atomic E-state index is 2.37. The Morgan fingerprint density at radius 2 is 0.645 bits per heavy atom. The Morgan fingerprint density at radius 3 is 0.903 bits per heavy atom. The number of hydrogen-bond donors (Lipinski definition) is 0. The summed E-state index contributed by atoms with van der Waals surface area (Å²) in [6.45, 7) is 4.00. The van der Waals surface area contributed by atoms with Crippen LogP contribution in [-0.2, 0) is 23.2 Å². The third-order valence-corrected chi connectivity index (χ3v) is 10.7. The fourth-order valence-electron chi connectivity index (χ4n) is 4.84. The van der Waals surface area contributed by atoms with Gasteiger partial charge in [0, 0.05) is 0 Å². The van der Waals surface area contributed by atoms with Crippen LogP contribution in [0.25, 0.3) is 22.3 Å². The van der Waals surface area contributed by atoms with E-state index in [-0.39, 0.29) is 24.8 Å². The van der Waals surface area contributed by atoms with Gasteiger partial charge in [-0.1, -0.05) is 13.8 Å².